The summed E-state index contributed by atoms with van der Waals surface area (Å²) in [6, 6.07) is 0. The summed E-state index contributed by atoms with van der Waals surface area (Å²) < 4.78 is 0. The Morgan fingerprint density at radius 2 is 2.27 bits per heavy atom. The molecule has 0 bridgehead atoms. The normalized spacial score (nSPS) is 16.3. The van der Waals surface area contributed by atoms with Gasteiger partial charge < -0.3 is 10.2 Å². The van der Waals surface area contributed by atoms with Crippen LogP contribution in [-0.4, -0.2) is 37.5 Å². The number of aliphatic imine (C=N–C) groups is 1. The molecule has 3 heteroatoms. The van der Waals surface area contributed by atoms with Gasteiger partial charge in [-0.3, -0.25) is 0 Å². The van der Waals surface area contributed by atoms with Gasteiger partial charge >= 0.3 is 0 Å². The van der Waals surface area contributed by atoms with Gasteiger partial charge in [-0.2, -0.15) is 0 Å². The van der Waals surface area contributed by atoms with Crippen molar-refractivity contribution >= 4 is 5.96 Å². The highest BCUT2D eigenvalue weighted by Crippen LogP contribution is 2.05. The number of rotatable bonds is 4. The predicted molar refractivity (Wildman–Crippen MR) is 66.1 cm³/mol. The van der Waals surface area contributed by atoms with Crippen LogP contribution in [0.2, 0.25) is 0 Å². The smallest absolute Gasteiger partial charge is 0.194 e. The monoisotopic (exact) mass is 209 g/mol. The van der Waals surface area contributed by atoms with Crippen LogP contribution in [0.1, 0.15) is 26.7 Å². The fourth-order valence-electron chi connectivity index (χ4n) is 1.60. The first kappa shape index (κ1) is 12.1. The minimum atomic E-state index is 0.775. The highest BCUT2D eigenvalue weighted by atomic mass is 15.3. The minimum Gasteiger partial charge on any atom is -0.352 e. The molecule has 1 heterocycles. The van der Waals surface area contributed by atoms with E-state index in [9.17, 15) is 0 Å². The van der Waals surface area contributed by atoms with Crippen molar-refractivity contribution in [1.29, 1.82) is 0 Å². The quantitative estimate of drug-likeness (QED) is 0.716. The molecule has 1 N–H and O–H groups in total. The average molecular weight is 209 g/mol. The van der Waals surface area contributed by atoms with E-state index in [4.69, 9.17) is 0 Å². The molecule has 0 aromatic rings. The van der Waals surface area contributed by atoms with Gasteiger partial charge in [-0.05, 0) is 24.3 Å². The van der Waals surface area contributed by atoms with Crippen molar-refractivity contribution in [3.8, 4) is 0 Å². The molecule has 0 spiro atoms. The van der Waals surface area contributed by atoms with Crippen molar-refractivity contribution in [2.24, 2.45) is 10.9 Å². The van der Waals surface area contributed by atoms with E-state index in [2.05, 4.69) is 42.7 Å². The molecular weight excluding hydrogens is 186 g/mol. The standard InChI is InChI=1S/C12H23N3/c1-10(2)6-5-7-15(4)12-13-8-11(3)9-14-12/h10H,3,5-9H2,1-2,4H3,(H,13,14). The first-order valence-corrected chi connectivity index (χ1v) is 5.75. The molecule has 0 aromatic heterocycles. The summed E-state index contributed by atoms with van der Waals surface area (Å²) in [7, 11) is 2.10. The Labute approximate surface area is 93.3 Å². The van der Waals surface area contributed by atoms with E-state index in [1.165, 1.54) is 12.8 Å². The van der Waals surface area contributed by atoms with Gasteiger partial charge in [0, 0.05) is 20.1 Å². The maximum Gasteiger partial charge on any atom is 0.194 e. The summed E-state index contributed by atoms with van der Waals surface area (Å²) in [5.74, 6) is 1.81. The number of hydrogen-bond acceptors (Lipinski definition) is 3. The van der Waals surface area contributed by atoms with Crippen molar-refractivity contribution in [3.05, 3.63) is 12.2 Å². The van der Waals surface area contributed by atoms with Gasteiger partial charge in [-0.25, -0.2) is 4.99 Å². The van der Waals surface area contributed by atoms with E-state index in [1.807, 2.05) is 0 Å². The van der Waals surface area contributed by atoms with Crippen molar-refractivity contribution in [2.75, 3.05) is 26.7 Å². The van der Waals surface area contributed by atoms with Crippen LogP contribution in [0.3, 0.4) is 0 Å². The second kappa shape index (κ2) is 5.79. The van der Waals surface area contributed by atoms with Crippen LogP contribution in [-0.2, 0) is 0 Å². The summed E-state index contributed by atoms with van der Waals surface area (Å²) in [5, 5.41) is 3.28. The van der Waals surface area contributed by atoms with Crippen LogP contribution in [0.15, 0.2) is 17.1 Å². The Kier molecular flexibility index (Phi) is 4.66. The molecule has 0 aromatic carbocycles. The van der Waals surface area contributed by atoms with Gasteiger partial charge in [0.15, 0.2) is 5.96 Å². The summed E-state index contributed by atoms with van der Waals surface area (Å²) in [6.07, 6.45) is 2.51. The Morgan fingerprint density at radius 1 is 1.53 bits per heavy atom. The molecule has 15 heavy (non-hydrogen) atoms. The second-order valence-corrected chi connectivity index (χ2v) is 4.70. The molecule has 1 rings (SSSR count). The molecule has 1 aliphatic heterocycles. The van der Waals surface area contributed by atoms with Gasteiger partial charge in [-0.1, -0.05) is 20.4 Å². The van der Waals surface area contributed by atoms with E-state index < -0.39 is 0 Å². The summed E-state index contributed by atoms with van der Waals surface area (Å²) in [6.45, 7) is 11.2. The molecule has 0 unspecified atom stereocenters. The third-order valence-electron chi connectivity index (χ3n) is 2.59. The summed E-state index contributed by atoms with van der Waals surface area (Å²) >= 11 is 0. The third kappa shape index (κ3) is 4.36. The van der Waals surface area contributed by atoms with E-state index >= 15 is 0 Å². The van der Waals surface area contributed by atoms with E-state index in [0.717, 1.165) is 37.1 Å². The van der Waals surface area contributed by atoms with Crippen molar-refractivity contribution in [1.82, 2.24) is 10.2 Å². The first-order valence-electron chi connectivity index (χ1n) is 5.75. The van der Waals surface area contributed by atoms with E-state index in [-0.39, 0.29) is 0 Å². The Hall–Kier alpha value is -0.990. The second-order valence-electron chi connectivity index (χ2n) is 4.70. The zero-order valence-corrected chi connectivity index (χ0v) is 10.2. The maximum atomic E-state index is 4.44. The maximum absolute atomic E-state index is 4.44. The van der Waals surface area contributed by atoms with E-state index in [0.29, 0.717) is 0 Å². The SMILES string of the molecule is C=C1CN=C(N(C)CCCC(C)C)NC1. The fraction of sp³-hybridized carbons (Fsp3) is 0.750. The molecule has 0 aliphatic carbocycles. The highest BCUT2D eigenvalue weighted by molar-refractivity contribution is 5.81. The lowest BCUT2D eigenvalue weighted by Crippen LogP contribution is -2.43. The van der Waals surface area contributed by atoms with E-state index in [1.54, 1.807) is 0 Å². The molecule has 0 atom stereocenters. The zero-order valence-electron chi connectivity index (χ0n) is 10.2. The van der Waals surface area contributed by atoms with Crippen LogP contribution in [0.5, 0.6) is 0 Å². The van der Waals surface area contributed by atoms with Crippen LogP contribution in [0.25, 0.3) is 0 Å². The third-order valence-corrected chi connectivity index (χ3v) is 2.59. The fourth-order valence-corrected chi connectivity index (χ4v) is 1.60. The van der Waals surface area contributed by atoms with Gasteiger partial charge in [0.2, 0.25) is 0 Å². The molecule has 86 valence electrons. The van der Waals surface area contributed by atoms with Crippen LogP contribution in [0.4, 0.5) is 0 Å². The lowest BCUT2D eigenvalue weighted by Gasteiger charge is -2.25. The molecule has 0 fully saturated rings. The molecular formula is C12H23N3. The van der Waals surface area contributed by atoms with Crippen molar-refractivity contribution in [2.45, 2.75) is 26.7 Å². The van der Waals surface area contributed by atoms with Gasteiger partial charge in [0.1, 0.15) is 0 Å². The molecule has 0 amide bonds. The Morgan fingerprint density at radius 3 is 2.80 bits per heavy atom. The first-order chi connectivity index (χ1) is 7.09. The summed E-state index contributed by atoms with van der Waals surface area (Å²) in [4.78, 5) is 6.64. The number of guanidine groups is 1. The lowest BCUT2D eigenvalue weighted by molar-refractivity contribution is 0.431. The van der Waals surface area contributed by atoms with Gasteiger partial charge in [0.05, 0.1) is 6.54 Å². The summed E-state index contributed by atoms with van der Waals surface area (Å²) in [5.41, 5.74) is 1.16. The average Bonchev–Trinajstić information content (AvgIpc) is 2.18. The topological polar surface area (TPSA) is 27.6 Å². The molecule has 0 saturated heterocycles. The molecule has 0 radical (unpaired) electrons. The number of nitrogens with zero attached hydrogens (tertiary/aromatic N) is 2. The van der Waals surface area contributed by atoms with Crippen LogP contribution >= 0.6 is 0 Å². The Bertz CT molecular complexity index is 243. The zero-order chi connectivity index (χ0) is 11.3. The van der Waals surface area contributed by atoms with Crippen molar-refractivity contribution < 1.29 is 0 Å². The lowest BCUT2D eigenvalue weighted by atomic mass is 10.1. The highest BCUT2D eigenvalue weighted by Gasteiger charge is 2.10. The predicted octanol–water partition coefficient (Wildman–Crippen LogP) is 1.87. The van der Waals surface area contributed by atoms with Crippen molar-refractivity contribution in [3.63, 3.8) is 0 Å². The molecule has 0 saturated carbocycles. The van der Waals surface area contributed by atoms with Gasteiger partial charge in [0.25, 0.3) is 0 Å². The number of hydrogen-bond donors (Lipinski definition) is 1. The molecule has 1 aliphatic rings. The van der Waals surface area contributed by atoms with Crippen LogP contribution < -0.4 is 5.32 Å². The minimum absolute atomic E-state index is 0.775. The number of nitrogens with one attached hydrogen (secondary N) is 1. The molecule has 3 nitrogen and oxygen atoms in total. The largest absolute Gasteiger partial charge is 0.352 e. The Balaban J connectivity index is 2.27. The van der Waals surface area contributed by atoms with Crippen LogP contribution in [0, 0.1) is 5.92 Å². The van der Waals surface area contributed by atoms with Gasteiger partial charge in [-0.15, -0.1) is 0 Å².